The minimum Gasteiger partial charge on any atom is -0.355 e. The molecule has 0 fully saturated rings. The van der Waals surface area contributed by atoms with Gasteiger partial charge in [0.05, 0.1) is 45.6 Å². The maximum absolute atomic E-state index is 5.24. The maximum atomic E-state index is 5.24. The minimum absolute atomic E-state index is 0.875. The molecule has 8 nitrogen and oxygen atoms in total. The Hall–Kier alpha value is -8.62. The summed E-state index contributed by atoms with van der Waals surface area (Å²) in [6.07, 6.45) is 16.6. The number of rotatable bonds is 2. The van der Waals surface area contributed by atoms with Crippen molar-refractivity contribution in [2.24, 2.45) is 0 Å². The highest BCUT2D eigenvalue weighted by Gasteiger charge is 2.18. The van der Waals surface area contributed by atoms with Crippen LogP contribution in [0.4, 0.5) is 0 Å². The van der Waals surface area contributed by atoms with Crippen molar-refractivity contribution in [2.45, 2.75) is 0 Å². The highest BCUT2D eigenvalue weighted by Crippen LogP contribution is 2.41. The van der Waals surface area contributed by atoms with Crippen LogP contribution < -0.4 is 0 Å². The van der Waals surface area contributed by atoms with Crippen LogP contribution in [0.25, 0.3) is 137 Å². The van der Waals surface area contributed by atoms with Crippen LogP contribution in [-0.4, -0.2) is 39.9 Å². The van der Waals surface area contributed by atoms with Gasteiger partial charge in [0.2, 0.25) is 0 Å². The van der Waals surface area contributed by atoms with Gasteiger partial charge in [-0.3, -0.25) is 0 Å². The lowest BCUT2D eigenvalue weighted by molar-refractivity contribution is 1.31. The SMILES string of the molecule is C1=Cc2cc3ccc([nH]3)c(-c3cccc4cc5cccc(-c6c7nc(cc8ccc(cc9nc(cc%10ccc6[nH]%10)C=C9)[nH]8)C=C7)c5cc34)c3nc(cc4ccc(cc1n2)[nH]4)C=C3. The summed E-state index contributed by atoms with van der Waals surface area (Å²) in [4.78, 5) is 34.7. The molecule has 9 aromatic rings. The van der Waals surface area contributed by atoms with Crippen molar-refractivity contribution in [1.29, 1.82) is 0 Å². The molecular weight excluding hydrogens is 761 g/mol. The number of benzene rings is 3. The minimum atomic E-state index is 0.875. The molecule has 4 aliphatic heterocycles. The Kier molecular flexibility index (Phi) is 7.43. The van der Waals surface area contributed by atoms with E-state index in [0.717, 1.165) is 133 Å². The largest absolute Gasteiger partial charge is 0.355 e. The van der Waals surface area contributed by atoms with Crippen molar-refractivity contribution < 1.29 is 0 Å². The van der Waals surface area contributed by atoms with Gasteiger partial charge in [0.15, 0.2) is 0 Å². The van der Waals surface area contributed by atoms with Crippen LogP contribution in [0.3, 0.4) is 0 Å². The first-order valence-corrected chi connectivity index (χ1v) is 20.7. The van der Waals surface area contributed by atoms with Gasteiger partial charge in [-0.25, -0.2) is 19.9 Å². The second-order valence-corrected chi connectivity index (χ2v) is 16.0. The van der Waals surface area contributed by atoms with Gasteiger partial charge >= 0.3 is 0 Å². The second kappa shape index (κ2) is 13.5. The van der Waals surface area contributed by atoms with Crippen molar-refractivity contribution in [3.05, 3.63) is 179 Å². The monoisotopic (exact) mass is 794 g/mol. The van der Waals surface area contributed by atoms with Crippen molar-refractivity contribution in [3.8, 4) is 22.3 Å². The Balaban J connectivity index is 1.08. The molecule has 4 N–H and O–H groups in total. The van der Waals surface area contributed by atoms with E-state index < -0.39 is 0 Å². The Labute approximate surface area is 354 Å². The summed E-state index contributed by atoms with van der Waals surface area (Å²) in [5.74, 6) is 0. The first-order valence-electron chi connectivity index (χ1n) is 20.7. The second-order valence-electron chi connectivity index (χ2n) is 16.0. The highest BCUT2D eigenvalue weighted by atomic mass is 14.8. The molecule has 0 saturated heterocycles. The Morgan fingerprint density at radius 3 is 1.06 bits per heavy atom. The molecule has 0 atom stereocenters. The molecule has 0 unspecified atom stereocenters. The van der Waals surface area contributed by atoms with E-state index in [2.05, 4.69) is 190 Å². The summed E-state index contributed by atoms with van der Waals surface area (Å²) in [5, 5.41) is 4.51. The molecule has 4 aliphatic rings. The van der Waals surface area contributed by atoms with Gasteiger partial charge in [-0.15, -0.1) is 0 Å². The number of H-pyrrole nitrogens is 4. The Morgan fingerprint density at radius 1 is 0.290 bits per heavy atom. The smallest absolute Gasteiger partial charge is 0.0737 e. The van der Waals surface area contributed by atoms with Crippen molar-refractivity contribution >= 4 is 114 Å². The first kappa shape index (κ1) is 34.3. The van der Waals surface area contributed by atoms with E-state index in [1.807, 2.05) is 12.2 Å². The lowest BCUT2D eigenvalue weighted by Crippen LogP contribution is -1.90. The average Bonchev–Trinajstić information content (AvgIpc) is 4.12. The Morgan fingerprint density at radius 2 is 0.645 bits per heavy atom. The fourth-order valence-corrected chi connectivity index (χ4v) is 9.07. The number of nitrogens with one attached hydrogen (secondary N) is 4. The lowest BCUT2D eigenvalue weighted by Gasteiger charge is -2.13. The molecule has 0 aliphatic carbocycles. The number of aromatic amines is 4. The molecule has 0 amide bonds. The number of fused-ring (bicyclic) bond motifs is 18. The molecule has 3 aromatic carbocycles. The van der Waals surface area contributed by atoms with Gasteiger partial charge < -0.3 is 19.9 Å². The van der Waals surface area contributed by atoms with Gasteiger partial charge in [0.1, 0.15) is 0 Å². The van der Waals surface area contributed by atoms with E-state index in [9.17, 15) is 0 Å². The molecule has 8 heteroatoms. The molecule has 290 valence electrons. The normalized spacial score (nSPS) is 12.9. The third-order valence-corrected chi connectivity index (χ3v) is 11.9. The zero-order valence-electron chi connectivity index (χ0n) is 33.1. The highest BCUT2D eigenvalue weighted by molar-refractivity contribution is 6.13. The molecule has 6 aromatic heterocycles. The third-order valence-electron chi connectivity index (χ3n) is 11.9. The predicted molar refractivity (Wildman–Crippen MR) is 257 cm³/mol. The number of hydrogen-bond acceptors (Lipinski definition) is 4. The molecule has 10 heterocycles. The standard InChI is InChI=1S/C54H34N8/c1-3-31-23-32-4-2-6-46(54-51-21-17-43(61-51)28-39-13-9-35(57-39)25-36-10-14-40(58-36)29-44-18-22-52(54)62-44)48(32)30-47(31)45(5-1)53-49-19-15-41(59-49)26-37-11-7-33(55-37)24-34-8-12-38(56-34)27-42-16-20-50(53)60-42/h1-30,55,57,60,62H. The summed E-state index contributed by atoms with van der Waals surface area (Å²) in [5.41, 5.74) is 19.1. The van der Waals surface area contributed by atoms with Crippen LogP contribution in [0.15, 0.2) is 133 Å². The molecular formula is C54H34N8. The van der Waals surface area contributed by atoms with Gasteiger partial charge in [-0.2, -0.15) is 0 Å². The van der Waals surface area contributed by atoms with Crippen molar-refractivity contribution in [2.75, 3.05) is 0 Å². The van der Waals surface area contributed by atoms with Crippen LogP contribution in [0, 0.1) is 0 Å². The van der Waals surface area contributed by atoms with Crippen LogP contribution in [0.5, 0.6) is 0 Å². The molecule has 0 spiro atoms. The van der Waals surface area contributed by atoms with Crippen LogP contribution in [0.1, 0.15) is 45.6 Å². The van der Waals surface area contributed by atoms with Gasteiger partial charge in [0, 0.05) is 55.3 Å². The van der Waals surface area contributed by atoms with Crippen LogP contribution in [0.2, 0.25) is 0 Å². The van der Waals surface area contributed by atoms with Gasteiger partial charge in [-0.1, -0.05) is 36.4 Å². The topological polar surface area (TPSA) is 115 Å². The zero-order valence-corrected chi connectivity index (χ0v) is 33.1. The molecule has 62 heavy (non-hydrogen) atoms. The summed E-state index contributed by atoms with van der Waals surface area (Å²) in [6.45, 7) is 0. The van der Waals surface area contributed by atoms with Gasteiger partial charge in [0.25, 0.3) is 0 Å². The molecule has 16 bridgehead atoms. The summed E-state index contributed by atoms with van der Waals surface area (Å²) >= 11 is 0. The zero-order chi connectivity index (χ0) is 40.7. The van der Waals surface area contributed by atoms with Crippen molar-refractivity contribution in [1.82, 2.24) is 39.9 Å². The number of nitrogens with zero attached hydrogens (tertiary/aromatic N) is 4. The number of hydrogen-bond donors (Lipinski definition) is 4. The summed E-state index contributed by atoms with van der Waals surface area (Å²) in [7, 11) is 0. The number of aromatic nitrogens is 8. The predicted octanol–water partition coefficient (Wildman–Crippen LogP) is 13.3. The Bertz CT molecular complexity index is 3630. The first-order chi connectivity index (χ1) is 30.6. The van der Waals surface area contributed by atoms with Crippen LogP contribution >= 0.6 is 0 Å². The quantitative estimate of drug-likeness (QED) is 0.130. The summed E-state index contributed by atoms with van der Waals surface area (Å²) < 4.78 is 0. The third kappa shape index (κ3) is 6.00. The maximum Gasteiger partial charge on any atom is 0.0737 e. The lowest BCUT2D eigenvalue weighted by atomic mass is 9.91. The van der Waals surface area contributed by atoms with E-state index in [4.69, 9.17) is 19.9 Å². The molecule has 0 saturated carbocycles. The van der Waals surface area contributed by atoms with Gasteiger partial charge in [-0.05, 0) is 178 Å². The average molecular weight is 795 g/mol. The summed E-state index contributed by atoms with van der Waals surface area (Å²) in [6, 6.07) is 47.1. The van der Waals surface area contributed by atoms with E-state index in [1.165, 1.54) is 0 Å². The molecule has 0 radical (unpaired) electrons. The van der Waals surface area contributed by atoms with E-state index >= 15 is 0 Å². The van der Waals surface area contributed by atoms with E-state index in [0.29, 0.717) is 0 Å². The van der Waals surface area contributed by atoms with E-state index in [1.54, 1.807) is 0 Å². The van der Waals surface area contributed by atoms with E-state index in [-0.39, 0.29) is 0 Å². The van der Waals surface area contributed by atoms with Crippen molar-refractivity contribution in [3.63, 3.8) is 0 Å². The van der Waals surface area contributed by atoms with Crippen LogP contribution in [-0.2, 0) is 0 Å². The molecule has 13 rings (SSSR count). The fourth-order valence-electron chi connectivity index (χ4n) is 9.07. The fraction of sp³-hybridized carbons (Fsp3) is 0.